The van der Waals surface area contributed by atoms with Crippen molar-refractivity contribution in [2.24, 2.45) is 0 Å². The standard InChI is InChI=1S/C26H22N4OS/c1-2-30-25(19-13-7-4-8-14-19)28-29-26(30)32-24(18-11-5-3-6-12-18)23(31)21-17-27-22-16-10-9-15-20(21)22/h3-17,24,27H,2H2,1H3. The van der Waals surface area contributed by atoms with Crippen molar-refractivity contribution in [3.63, 3.8) is 0 Å². The van der Waals surface area contributed by atoms with E-state index in [-0.39, 0.29) is 5.78 Å². The number of ketones is 1. The topological polar surface area (TPSA) is 63.6 Å². The minimum Gasteiger partial charge on any atom is -0.360 e. The number of nitrogens with one attached hydrogen (secondary N) is 1. The number of carbonyl (C=O) groups is 1. The van der Waals surface area contributed by atoms with Crippen molar-refractivity contribution in [3.8, 4) is 11.4 Å². The number of aromatic nitrogens is 4. The molecule has 1 atom stereocenters. The summed E-state index contributed by atoms with van der Waals surface area (Å²) in [5, 5.41) is 10.1. The molecule has 2 aromatic heterocycles. The average Bonchev–Trinajstić information content (AvgIpc) is 3.47. The Labute approximate surface area is 190 Å². The molecule has 2 heterocycles. The van der Waals surface area contributed by atoms with Crippen LogP contribution in [0.2, 0.25) is 0 Å². The maximum Gasteiger partial charge on any atom is 0.192 e. The summed E-state index contributed by atoms with van der Waals surface area (Å²) in [6.07, 6.45) is 1.81. The van der Waals surface area contributed by atoms with Gasteiger partial charge in [0, 0.05) is 34.8 Å². The van der Waals surface area contributed by atoms with Crippen molar-refractivity contribution >= 4 is 28.4 Å². The Morgan fingerprint density at radius 2 is 1.62 bits per heavy atom. The lowest BCUT2D eigenvalue weighted by Gasteiger charge is -2.16. The fourth-order valence-corrected chi connectivity index (χ4v) is 5.05. The van der Waals surface area contributed by atoms with E-state index in [1.807, 2.05) is 91.1 Å². The van der Waals surface area contributed by atoms with Crippen LogP contribution < -0.4 is 0 Å². The van der Waals surface area contributed by atoms with E-state index in [9.17, 15) is 4.79 Å². The quantitative estimate of drug-likeness (QED) is 0.244. The van der Waals surface area contributed by atoms with Crippen molar-refractivity contribution in [1.82, 2.24) is 19.7 Å². The number of fused-ring (bicyclic) bond motifs is 1. The van der Waals surface area contributed by atoms with Gasteiger partial charge in [0.05, 0.1) is 0 Å². The SMILES string of the molecule is CCn1c(SC(C(=O)c2c[nH]c3ccccc23)c2ccccc2)nnc1-c1ccccc1. The van der Waals surface area contributed by atoms with Gasteiger partial charge in [0.25, 0.3) is 0 Å². The molecule has 6 heteroatoms. The highest BCUT2D eigenvalue weighted by atomic mass is 32.2. The lowest BCUT2D eigenvalue weighted by atomic mass is 10.0. The molecule has 0 saturated carbocycles. The Bertz CT molecular complexity index is 1360. The Balaban J connectivity index is 1.56. The molecule has 0 aliphatic heterocycles. The first-order valence-corrected chi connectivity index (χ1v) is 11.4. The summed E-state index contributed by atoms with van der Waals surface area (Å²) in [5.74, 6) is 0.854. The zero-order valence-corrected chi connectivity index (χ0v) is 18.4. The summed E-state index contributed by atoms with van der Waals surface area (Å²) in [6, 6.07) is 27.8. The van der Waals surface area contributed by atoms with Crippen molar-refractivity contribution in [2.75, 3.05) is 0 Å². The molecule has 0 aliphatic rings. The predicted octanol–water partition coefficient (Wildman–Crippen LogP) is 6.16. The number of aromatic amines is 1. The molecule has 0 saturated heterocycles. The molecule has 0 fully saturated rings. The van der Waals surface area contributed by atoms with Gasteiger partial charge < -0.3 is 9.55 Å². The Kier molecular flexibility index (Phi) is 5.60. The van der Waals surface area contributed by atoms with Crippen LogP contribution >= 0.6 is 11.8 Å². The number of thioether (sulfide) groups is 1. The third kappa shape index (κ3) is 3.74. The second-order valence-corrected chi connectivity index (χ2v) is 8.51. The summed E-state index contributed by atoms with van der Waals surface area (Å²) < 4.78 is 2.07. The van der Waals surface area contributed by atoms with Crippen LogP contribution in [0.5, 0.6) is 0 Å². The van der Waals surface area contributed by atoms with Gasteiger partial charge in [0.15, 0.2) is 16.8 Å². The number of carbonyl (C=O) groups excluding carboxylic acids is 1. The third-order valence-electron chi connectivity index (χ3n) is 5.48. The second kappa shape index (κ2) is 8.85. The molecular formula is C26H22N4OS. The van der Waals surface area contributed by atoms with Gasteiger partial charge in [-0.2, -0.15) is 0 Å². The van der Waals surface area contributed by atoms with E-state index in [1.54, 1.807) is 0 Å². The number of rotatable bonds is 7. The van der Waals surface area contributed by atoms with Crippen molar-refractivity contribution < 1.29 is 4.79 Å². The minimum absolute atomic E-state index is 0.0468. The van der Waals surface area contributed by atoms with Gasteiger partial charge in [-0.3, -0.25) is 4.79 Å². The molecule has 1 N–H and O–H groups in total. The Morgan fingerprint density at radius 3 is 2.38 bits per heavy atom. The first-order valence-electron chi connectivity index (χ1n) is 10.6. The van der Waals surface area contributed by atoms with Crippen LogP contribution in [-0.4, -0.2) is 25.5 Å². The van der Waals surface area contributed by atoms with Crippen LogP contribution in [0.25, 0.3) is 22.3 Å². The molecule has 0 amide bonds. The van der Waals surface area contributed by atoms with Crippen molar-refractivity contribution in [3.05, 3.63) is 102 Å². The summed E-state index contributed by atoms with van der Waals surface area (Å²) in [7, 11) is 0. The lowest BCUT2D eigenvalue weighted by Crippen LogP contribution is -2.11. The van der Waals surface area contributed by atoms with Gasteiger partial charge >= 0.3 is 0 Å². The monoisotopic (exact) mass is 438 g/mol. The van der Waals surface area contributed by atoms with Gasteiger partial charge in [-0.1, -0.05) is 90.6 Å². The zero-order valence-electron chi connectivity index (χ0n) is 17.6. The van der Waals surface area contributed by atoms with E-state index in [4.69, 9.17) is 0 Å². The van der Waals surface area contributed by atoms with Gasteiger partial charge in [-0.25, -0.2) is 0 Å². The van der Waals surface area contributed by atoms with E-state index in [0.717, 1.165) is 33.0 Å². The molecule has 1 unspecified atom stereocenters. The number of hydrogen-bond donors (Lipinski definition) is 1. The van der Waals surface area contributed by atoms with Gasteiger partial charge in [-0.15, -0.1) is 10.2 Å². The second-order valence-electron chi connectivity index (χ2n) is 7.44. The Morgan fingerprint density at radius 1 is 0.938 bits per heavy atom. The summed E-state index contributed by atoms with van der Waals surface area (Å²) in [4.78, 5) is 17.0. The highest BCUT2D eigenvalue weighted by Gasteiger charge is 2.28. The molecule has 0 spiro atoms. The molecular weight excluding hydrogens is 416 g/mol. The number of nitrogens with zero attached hydrogens (tertiary/aromatic N) is 3. The minimum atomic E-state index is -0.437. The molecule has 0 bridgehead atoms. The molecule has 5 rings (SSSR count). The van der Waals surface area contributed by atoms with Crippen molar-refractivity contribution in [1.29, 1.82) is 0 Å². The normalized spacial score (nSPS) is 12.2. The van der Waals surface area contributed by atoms with Crippen LogP contribution in [0.4, 0.5) is 0 Å². The fraction of sp³-hybridized carbons (Fsp3) is 0.115. The highest BCUT2D eigenvalue weighted by molar-refractivity contribution is 8.00. The lowest BCUT2D eigenvalue weighted by molar-refractivity contribution is 0.0991. The zero-order chi connectivity index (χ0) is 21.9. The highest BCUT2D eigenvalue weighted by Crippen LogP contribution is 2.39. The van der Waals surface area contributed by atoms with E-state index in [1.165, 1.54) is 11.8 Å². The van der Waals surface area contributed by atoms with Crippen LogP contribution in [0.3, 0.4) is 0 Å². The van der Waals surface area contributed by atoms with Crippen LogP contribution in [0.1, 0.15) is 28.1 Å². The number of benzene rings is 3. The maximum atomic E-state index is 13.8. The number of H-pyrrole nitrogens is 1. The molecule has 3 aromatic carbocycles. The largest absolute Gasteiger partial charge is 0.360 e. The van der Waals surface area contributed by atoms with Gasteiger partial charge in [0.1, 0.15) is 5.25 Å². The number of Topliss-reactive ketones (excluding diaryl/α,β-unsaturated/α-hetero) is 1. The molecule has 0 aliphatic carbocycles. The van der Waals surface area contributed by atoms with E-state index >= 15 is 0 Å². The summed E-state index contributed by atoms with van der Waals surface area (Å²) in [6.45, 7) is 2.78. The molecule has 5 nitrogen and oxygen atoms in total. The van der Waals surface area contributed by atoms with Crippen molar-refractivity contribution in [2.45, 2.75) is 23.9 Å². The molecule has 32 heavy (non-hydrogen) atoms. The number of hydrogen-bond acceptors (Lipinski definition) is 4. The van der Waals surface area contributed by atoms with Gasteiger partial charge in [-0.05, 0) is 18.6 Å². The first kappa shape index (κ1) is 20.3. The van der Waals surface area contributed by atoms with E-state index in [0.29, 0.717) is 12.1 Å². The fourth-order valence-electron chi connectivity index (χ4n) is 3.88. The first-order chi connectivity index (χ1) is 15.8. The summed E-state index contributed by atoms with van der Waals surface area (Å²) in [5.41, 5.74) is 3.59. The van der Waals surface area contributed by atoms with E-state index in [2.05, 4.69) is 26.7 Å². The smallest absolute Gasteiger partial charge is 0.192 e. The van der Waals surface area contributed by atoms with Crippen LogP contribution in [0.15, 0.2) is 96.3 Å². The van der Waals surface area contributed by atoms with Crippen LogP contribution in [0, 0.1) is 0 Å². The average molecular weight is 439 g/mol. The summed E-state index contributed by atoms with van der Waals surface area (Å²) >= 11 is 1.45. The molecule has 0 radical (unpaired) electrons. The van der Waals surface area contributed by atoms with E-state index < -0.39 is 5.25 Å². The molecule has 5 aromatic rings. The molecule has 158 valence electrons. The van der Waals surface area contributed by atoms with Gasteiger partial charge in [0.2, 0.25) is 0 Å². The number of para-hydroxylation sites is 1. The maximum absolute atomic E-state index is 13.8. The van der Waals surface area contributed by atoms with Crippen LogP contribution in [-0.2, 0) is 6.54 Å². The predicted molar refractivity (Wildman–Crippen MR) is 129 cm³/mol. The Hall–Kier alpha value is -3.64. The third-order valence-corrected chi connectivity index (χ3v) is 6.72.